The molecule has 3 aromatic heterocycles. The van der Waals surface area contributed by atoms with E-state index in [-0.39, 0.29) is 12.2 Å². The second kappa shape index (κ2) is 7.26. The van der Waals surface area contributed by atoms with Crippen molar-refractivity contribution in [3.8, 4) is 11.3 Å². The van der Waals surface area contributed by atoms with Gasteiger partial charge < -0.3 is 10.1 Å². The van der Waals surface area contributed by atoms with Crippen molar-refractivity contribution in [1.29, 1.82) is 0 Å². The number of rotatable bonds is 4. The molecule has 0 aliphatic carbocycles. The lowest BCUT2D eigenvalue weighted by Gasteiger charge is -2.29. The van der Waals surface area contributed by atoms with Gasteiger partial charge in [-0.15, -0.1) is 10.2 Å². The van der Waals surface area contributed by atoms with Gasteiger partial charge in [-0.3, -0.25) is 9.08 Å². The van der Waals surface area contributed by atoms with E-state index in [0.717, 1.165) is 6.07 Å². The molecule has 9 nitrogen and oxygen atoms in total. The molecule has 0 saturated heterocycles. The molecule has 1 N–H and O–H groups in total. The van der Waals surface area contributed by atoms with Gasteiger partial charge in [0.05, 0.1) is 17.8 Å². The molecule has 0 saturated carbocycles. The van der Waals surface area contributed by atoms with E-state index in [9.17, 15) is 18.0 Å². The number of ether oxygens (including phenoxy) is 1. The Balaban J connectivity index is 1.94. The molecule has 0 radical (unpaired) electrons. The van der Waals surface area contributed by atoms with E-state index in [1.807, 2.05) is 0 Å². The van der Waals surface area contributed by atoms with Gasteiger partial charge in [0.15, 0.2) is 5.69 Å². The van der Waals surface area contributed by atoms with Gasteiger partial charge in [0.25, 0.3) is 5.78 Å². The maximum Gasteiger partial charge on any atom is 0.435 e. The maximum atomic E-state index is 13.3. The summed E-state index contributed by atoms with van der Waals surface area (Å²) in [4.78, 5) is 16.2. The topological polar surface area (TPSA) is 99.2 Å². The van der Waals surface area contributed by atoms with Crippen LogP contribution in [0.3, 0.4) is 0 Å². The van der Waals surface area contributed by atoms with Crippen LogP contribution < -0.4 is 5.32 Å². The number of carbonyl (C=O) groups excluding carboxylic acids is 1. The molecule has 3 heterocycles. The van der Waals surface area contributed by atoms with Crippen molar-refractivity contribution in [2.75, 3.05) is 0 Å². The number of nitrogens with one attached hydrogen (secondary N) is 1. The van der Waals surface area contributed by atoms with Gasteiger partial charge in [0, 0.05) is 18.0 Å². The Morgan fingerprint density at radius 2 is 1.90 bits per heavy atom. The minimum absolute atomic E-state index is 0.0438. The van der Waals surface area contributed by atoms with E-state index in [1.165, 1.54) is 21.6 Å². The fourth-order valence-electron chi connectivity index (χ4n) is 2.76. The molecule has 0 unspecified atom stereocenters. The summed E-state index contributed by atoms with van der Waals surface area (Å²) >= 11 is 0. The Kier molecular flexibility index (Phi) is 5.21. The smallest absolute Gasteiger partial charge is 0.435 e. The van der Waals surface area contributed by atoms with E-state index < -0.39 is 29.1 Å². The molecule has 0 atom stereocenters. The third-order valence-electron chi connectivity index (χ3n) is 3.90. The quantitative estimate of drug-likeness (QED) is 0.689. The van der Waals surface area contributed by atoms with Crippen molar-refractivity contribution >= 4 is 11.9 Å². The highest BCUT2D eigenvalue weighted by Gasteiger charge is 2.36. The van der Waals surface area contributed by atoms with Gasteiger partial charge in [0.1, 0.15) is 11.9 Å². The molecule has 1 amide bonds. The number of amides is 1. The second-order valence-electron chi connectivity index (χ2n) is 8.46. The Morgan fingerprint density at radius 3 is 2.53 bits per heavy atom. The molecule has 0 fully saturated rings. The average Bonchev–Trinajstić information content (AvgIpc) is 3.16. The van der Waals surface area contributed by atoms with Crippen LogP contribution in [0.5, 0.6) is 0 Å². The van der Waals surface area contributed by atoms with Crippen molar-refractivity contribution in [3.05, 3.63) is 30.5 Å². The largest absolute Gasteiger partial charge is 0.444 e. The number of alkyl halides is 3. The summed E-state index contributed by atoms with van der Waals surface area (Å²) < 4.78 is 47.9. The molecule has 0 aromatic carbocycles. The van der Waals surface area contributed by atoms with Gasteiger partial charge in [-0.25, -0.2) is 9.78 Å². The molecule has 0 aliphatic heterocycles. The number of aromatic nitrogens is 6. The lowest BCUT2D eigenvalue weighted by molar-refractivity contribution is -0.141. The lowest BCUT2D eigenvalue weighted by Crippen LogP contribution is -2.48. The highest BCUT2D eigenvalue weighted by Crippen LogP contribution is 2.32. The van der Waals surface area contributed by atoms with E-state index in [1.54, 1.807) is 40.8 Å². The molecular formula is C18H22F3N7O2. The van der Waals surface area contributed by atoms with E-state index in [0.29, 0.717) is 11.3 Å². The third kappa shape index (κ3) is 5.05. The highest BCUT2D eigenvalue weighted by atomic mass is 19.4. The van der Waals surface area contributed by atoms with Crippen molar-refractivity contribution in [1.82, 2.24) is 34.7 Å². The molecule has 162 valence electrons. The molecule has 3 rings (SSSR count). The standard InChI is InChI=1S/C18H22F3N7O2/c1-16(2,3)30-15(29)24-17(4,5)9-28-12(6-13(26-28)18(19,20)21)11-7-22-14-25-23-10-27(14)8-11/h6-8,10H,9H2,1-5H3,(H,24,29). The number of fused-ring (bicyclic) bond motifs is 1. The molecule has 30 heavy (non-hydrogen) atoms. The monoisotopic (exact) mass is 425 g/mol. The molecule has 12 heteroatoms. The highest BCUT2D eigenvalue weighted by molar-refractivity contribution is 5.68. The van der Waals surface area contributed by atoms with E-state index in [4.69, 9.17) is 4.74 Å². The summed E-state index contributed by atoms with van der Waals surface area (Å²) in [5.74, 6) is 0.313. The number of alkyl carbamates (subject to hydrolysis) is 1. The van der Waals surface area contributed by atoms with Crippen LogP contribution in [0.1, 0.15) is 40.3 Å². The summed E-state index contributed by atoms with van der Waals surface area (Å²) in [5, 5.41) is 13.9. The van der Waals surface area contributed by atoms with Crippen molar-refractivity contribution in [2.45, 2.75) is 58.5 Å². The summed E-state index contributed by atoms with van der Waals surface area (Å²) in [7, 11) is 0. The predicted molar refractivity (Wildman–Crippen MR) is 100 cm³/mol. The van der Waals surface area contributed by atoms with Gasteiger partial charge in [0.2, 0.25) is 0 Å². The Morgan fingerprint density at radius 1 is 1.20 bits per heavy atom. The SMILES string of the molecule is CC(C)(Cn1nc(C(F)(F)F)cc1-c1cnc2nncn2c1)NC(=O)OC(C)(C)C. The zero-order valence-electron chi connectivity index (χ0n) is 17.2. The molecule has 3 aromatic rings. The number of hydrogen-bond donors (Lipinski definition) is 1. The van der Waals surface area contributed by atoms with Crippen molar-refractivity contribution in [2.24, 2.45) is 0 Å². The number of carbonyl (C=O) groups is 1. The molecule has 0 bridgehead atoms. The average molecular weight is 425 g/mol. The zero-order valence-corrected chi connectivity index (χ0v) is 17.2. The minimum Gasteiger partial charge on any atom is -0.444 e. The summed E-state index contributed by atoms with van der Waals surface area (Å²) in [6.45, 7) is 8.43. The lowest BCUT2D eigenvalue weighted by atomic mass is 10.1. The van der Waals surface area contributed by atoms with Crippen molar-refractivity contribution < 1.29 is 22.7 Å². The van der Waals surface area contributed by atoms with Gasteiger partial charge >= 0.3 is 12.3 Å². The first kappa shape index (κ1) is 21.5. The summed E-state index contributed by atoms with van der Waals surface area (Å²) in [6, 6.07) is 0.941. The normalized spacial score (nSPS) is 12.9. The number of hydrogen-bond acceptors (Lipinski definition) is 6. The Labute approximate surface area is 170 Å². The fourth-order valence-corrected chi connectivity index (χ4v) is 2.76. The van der Waals surface area contributed by atoms with Gasteiger partial charge in [-0.1, -0.05) is 0 Å². The van der Waals surface area contributed by atoms with Gasteiger partial charge in [-0.05, 0) is 40.7 Å². The van der Waals surface area contributed by atoms with Crippen LogP contribution in [0, 0.1) is 0 Å². The van der Waals surface area contributed by atoms with Gasteiger partial charge in [-0.2, -0.15) is 18.3 Å². The summed E-state index contributed by atoms with van der Waals surface area (Å²) in [5.41, 5.74) is -2.14. The minimum atomic E-state index is -4.63. The predicted octanol–water partition coefficient (Wildman–Crippen LogP) is 3.31. The fraction of sp³-hybridized carbons (Fsp3) is 0.500. The van der Waals surface area contributed by atoms with Crippen LogP contribution in [-0.4, -0.2) is 46.6 Å². The first-order valence-corrected chi connectivity index (χ1v) is 9.05. The molecular weight excluding hydrogens is 403 g/mol. The zero-order chi connectivity index (χ0) is 22.3. The number of nitrogens with zero attached hydrogens (tertiary/aromatic N) is 6. The van der Waals surface area contributed by atoms with Crippen LogP contribution >= 0.6 is 0 Å². The Hall–Kier alpha value is -3.18. The third-order valence-corrected chi connectivity index (χ3v) is 3.90. The van der Waals surface area contributed by atoms with E-state index >= 15 is 0 Å². The number of halogens is 3. The van der Waals surface area contributed by atoms with Crippen LogP contribution in [0.15, 0.2) is 24.8 Å². The van der Waals surface area contributed by atoms with Crippen LogP contribution in [0.4, 0.5) is 18.0 Å². The Bertz CT molecular complexity index is 1060. The van der Waals surface area contributed by atoms with Crippen LogP contribution in [0.25, 0.3) is 17.0 Å². The molecule has 0 spiro atoms. The summed E-state index contributed by atoms with van der Waals surface area (Å²) in [6.07, 6.45) is -0.956. The molecule has 0 aliphatic rings. The first-order valence-electron chi connectivity index (χ1n) is 9.05. The first-order chi connectivity index (χ1) is 13.7. The maximum absolute atomic E-state index is 13.3. The van der Waals surface area contributed by atoms with Crippen LogP contribution in [0.2, 0.25) is 0 Å². The van der Waals surface area contributed by atoms with Crippen LogP contribution in [-0.2, 0) is 17.5 Å². The second-order valence-corrected chi connectivity index (χ2v) is 8.46. The van der Waals surface area contributed by atoms with E-state index in [2.05, 4.69) is 25.6 Å². The van der Waals surface area contributed by atoms with Crippen molar-refractivity contribution in [3.63, 3.8) is 0 Å².